The Kier molecular flexibility index (Phi) is 8.36. The molecule has 0 saturated heterocycles. The maximum atomic E-state index is 5.39. The van der Waals surface area contributed by atoms with E-state index in [0.29, 0.717) is 17.6 Å². The van der Waals surface area contributed by atoms with E-state index in [9.17, 15) is 0 Å². The van der Waals surface area contributed by atoms with Gasteiger partial charge in [-0.1, -0.05) is 206 Å². The summed E-state index contributed by atoms with van der Waals surface area (Å²) >= 11 is 0. The van der Waals surface area contributed by atoms with Crippen LogP contribution in [0.25, 0.3) is 83.9 Å². The van der Waals surface area contributed by atoms with Gasteiger partial charge in [0.15, 0.2) is 11.6 Å². The van der Waals surface area contributed by atoms with E-state index >= 15 is 0 Å². The van der Waals surface area contributed by atoms with Gasteiger partial charge < -0.3 is 0 Å². The van der Waals surface area contributed by atoms with Crippen LogP contribution in [0.3, 0.4) is 0 Å². The van der Waals surface area contributed by atoms with E-state index in [4.69, 9.17) is 15.0 Å². The molecule has 0 spiro atoms. The molecule has 0 atom stereocenters. The second-order valence-electron chi connectivity index (χ2n) is 15.9. The van der Waals surface area contributed by atoms with Crippen molar-refractivity contribution in [1.82, 2.24) is 19.5 Å². The Balaban J connectivity index is 1.19. The Morgan fingerprint density at radius 3 is 1.48 bits per heavy atom. The third-order valence-electron chi connectivity index (χ3n) is 12.5. The van der Waals surface area contributed by atoms with Crippen molar-refractivity contribution in [1.29, 1.82) is 0 Å². The minimum atomic E-state index is -0.543. The lowest BCUT2D eigenvalue weighted by molar-refractivity contribution is 0.769. The first kappa shape index (κ1) is 35.7. The van der Waals surface area contributed by atoms with Gasteiger partial charge in [0.25, 0.3) is 0 Å². The quantitative estimate of drug-likeness (QED) is 0.161. The summed E-state index contributed by atoms with van der Waals surface area (Å²) in [4.78, 5) is 15.9. The number of hydrogen-bond donors (Lipinski definition) is 0. The molecule has 0 amide bonds. The third-order valence-corrected chi connectivity index (χ3v) is 12.5. The zero-order chi connectivity index (χ0) is 41.0. The van der Waals surface area contributed by atoms with Crippen LogP contribution in [0.2, 0.25) is 0 Å². The highest BCUT2D eigenvalue weighted by atomic mass is 15.2. The first-order valence-electron chi connectivity index (χ1n) is 21.1. The average molecular weight is 791 g/mol. The van der Waals surface area contributed by atoms with Crippen LogP contribution in [0.15, 0.2) is 231 Å². The average Bonchev–Trinajstić information content (AvgIpc) is 3.86. The van der Waals surface area contributed by atoms with Crippen molar-refractivity contribution in [3.8, 4) is 62.1 Å². The first-order chi connectivity index (χ1) is 30.8. The SMILES string of the molecule is c1ccc(-c2cccc(-c3nc(-c4ccccc4)nc(-n4c5ccc(-c6ccccc6)cc5c5c6c(ccc54)C(c4ccccc4)(c4ccccc4)c4ccccc4-6)n3)c2)cc1. The normalized spacial score (nSPS) is 12.6. The number of rotatable bonds is 7. The van der Waals surface area contributed by atoms with Crippen molar-refractivity contribution < 1.29 is 0 Å². The highest BCUT2D eigenvalue weighted by molar-refractivity contribution is 6.19. The molecule has 0 unspecified atom stereocenters. The number of nitrogens with zero attached hydrogens (tertiary/aromatic N) is 4. The Bertz CT molecular complexity index is 3390. The highest BCUT2D eigenvalue weighted by Crippen LogP contribution is 2.59. The number of fused-ring (bicyclic) bond motifs is 7. The fourth-order valence-electron chi connectivity index (χ4n) is 9.85. The minimum absolute atomic E-state index is 0.543. The van der Waals surface area contributed by atoms with Crippen LogP contribution < -0.4 is 0 Å². The zero-order valence-electron chi connectivity index (χ0n) is 33.7. The molecule has 0 radical (unpaired) electrons. The monoisotopic (exact) mass is 790 g/mol. The van der Waals surface area contributed by atoms with Gasteiger partial charge in [0.05, 0.1) is 16.4 Å². The fourth-order valence-corrected chi connectivity index (χ4v) is 9.85. The van der Waals surface area contributed by atoms with E-state index in [1.807, 2.05) is 24.3 Å². The maximum absolute atomic E-state index is 5.39. The van der Waals surface area contributed by atoms with Crippen molar-refractivity contribution >= 4 is 21.8 Å². The van der Waals surface area contributed by atoms with Crippen molar-refractivity contribution in [3.63, 3.8) is 0 Å². The van der Waals surface area contributed by atoms with Crippen LogP contribution in [-0.2, 0) is 5.41 Å². The van der Waals surface area contributed by atoms with E-state index in [2.05, 4.69) is 211 Å². The van der Waals surface area contributed by atoms with Crippen LogP contribution in [0.5, 0.6) is 0 Å². The summed E-state index contributed by atoms with van der Waals surface area (Å²) in [6.07, 6.45) is 0. The van der Waals surface area contributed by atoms with Gasteiger partial charge in [-0.25, -0.2) is 4.98 Å². The number of benzene rings is 9. The van der Waals surface area contributed by atoms with E-state index in [1.165, 1.54) is 44.3 Å². The molecule has 2 aromatic heterocycles. The minimum Gasteiger partial charge on any atom is -0.278 e. The topological polar surface area (TPSA) is 43.6 Å². The molecule has 290 valence electrons. The van der Waals surface area contributed by atoms with Gasteiger partial charge >= 0.3 is 0 Å². The highest BCUT2D eigenvalue weighted by Gasteiger charge is 2.47. The molecule has 0 aliphatic heterocycles. The Morgan fingerprint density at radius 1 is 0.339 bits per heavy atom. The molecule has 0 bridgehead atoms. The maximum Gasteiger partial charge on any atom is 0.238 e. The second-order valence-corrected chi connectivity index (χ2v) is 15.9. The van der Waals surface area contributed by atoms with Crippen LogP contribution >= 0.6 is 0 Å². The zero-order valence-corrected chi connectivity index (χ0v) is 33.7. The van der Waals surface area contributed by atoms with Gasteiger partial charge in [-0.05, 0) is 79.9 Å². The summed E-state index contributed by atoms with van der Waals surface area (Å²) in [5.41, 5.74) is 15.4. The van der Waals surface area contributed by atoms with Crippen molar-refractivity contribution in [2.45, 2.75) is 5.41 Å². The van der Waals surface area contributed by atoms with Crippen LogP contribution in [0, 0.1) is 0 Å². The van der Waals surface area contributed by atoms with Crippen molar-refractivity contribution in [3.05, 3.63) is 253 Å². The van der Waals surface area contributed by atoms with Crippen LogP contribution in [0.1, 0.15) is 22.3 Å². The molecule has 1 aliphatic carbocycles. The van der Waals surface area contributed by atoms with E-state index < -0.39 is 5.41 Å². The molecule has 0 saturated carbocycles. The number of aromatic nitrogens is 4. The largest absolute Gasteiger partial charge is 0.278 e. The Hall–Kier alpha value is -8.21. The second kappa shape index (κ2) is 14.5. The van der Waals surface area contributed by atoms with E-state index in [0.717, 1.165) is 44.2 Å². The Morgan fingerprint density at radius 2 is 0.839 bits per heavy atom. The van der Waals surface area contributed by atoms with Crippen molar-refractivity contribution in [2.24, 2.45) is 0 Å². The summed E-state index contributed by atoms with van der Waals surface area (Å²) in [6, 6.07) is 82.3. The molecule has 9 aromatic carbocycles. The van der Waals surface area contributed by atoms with E-state index in [-0.39, 0.29) is 0 Å². The summed E-state index contributed by atoms with van der Waals surface area (Å²) in [5, 5.41) is 2.31. The molecule has 62 heavy (non-hydrogen) atoms. The summed E-state index contributed by atoms with van der Waals surface area (Å²) in [5.74, 6) is 1.79. The van der Waals surface area contributed by atoms with Gasteiger partial charge in [-0.15, -0.1) is 0 Å². The molecule has 11 aromatic rings. The van der Waals surface area contributed by atoms with Gasteiger partial charge in [0.2, 0.25) is 5.95 Å². The summed E-state index contributed by atoms with van der Waals surface area (Å²) in [7, 11) is 0. The molecule has 0 fully saturated rings. The molecule has 4 heteroatoms. The predicted octanol–water partition coefficient (Wildman–Crippen LogP) is 14.0. The van der Waals surface area contributed by atoms with Crippen LogP contribution in [0.4, 0.5) is 0 Å². The van der Waals surface area contributed by atoms with Gasteiger partial charge in [0, 0.05) is 21.9 Å². The summed E-state index contributed by atoms with van der Waals surface area (Å²) in [6.45, 7) is 0. The lowest BCUT2D eigenvalue weighted by Crippen LogP contribution is -2.28. The smallest absolute Gasteiger partial charge is 0.238 e. The molecule has 2 heterocycles. The Labute approximate surface area is 360 Å². The van der Waals surface area contributed by atoms with Gasteiger partial charge in [-0.3, -0.25) is 4.57 Å². The first-order valence-corrected chi connectivity index (χ1v) is 21.1. The number of hydrogen-bond acceptors (Lipinski definition) is 3. The van der Waals surface area contributed by atoms with Crippen molar-refractivity contribution in [2.75, 3.05) is 0 Å². The van der Waals surface area contributed by atoms with Crippen LogP contribution in [-0.4, -0.2) is 19.5 Å². The lowest BCUT2D eigenvalue weighted by Gasteiger charge is -2.33. The lowest BCUT2D eigenvalue weighted by atomic mass is 9.67. The third kappa shape index (κ3) is 5.58. The molecule has 4 nitrogen and oxygen atoms in total. The molecular formula is C58H38N4. The standard InChI is InChI=1S/C58H38N4/c1-6-19-39(20-7-1)42-25-18-26-44(37-42)56-59-55(41-23-10-3-11-24-41)60-57(61-56)62-51-35-33-43(40-21-8-2-9-22-40)38-48(51)54-52(62)36-34-50-53(54)47-31-16-17-32-49(47)58(50,45-27-12-4-13-28-45)46-29-14-5-15-30-46/h1-38H. The molecule has 12 rings (SSSR count). The van der Waals surface area contributed by atoms with E-state index in [1.54, 1.807) is 0 Å². The molecule has 1 aliphatic rings. The molecular weight excluding hydrogens is 753 g/mol. The fraction of sp³-hybridized carbons (Fsp3) is 0.0172. The summed E-state index contributed by atoms with van der Waals surface area (Å²) < 4.78 is 2.26. The van der Waals surface area contributed by atoms with Gasteiger partial charge in [-0.2, -0.15) is 9.97 Å². The van der Waals surface area contributed by atoms with Gasteiger partial charge in [0.1, 0.15) is 0 Å². The predicted molar refractivity (Wildman–Crippen MR) is 253 cm³/mol. The molecule has 0 N–H and O–H groups in total.